The van der Waals surface area contributed by atoms with Crippen molar-refractivity contribution in [2.45, 2.75) is 58.8 Å². The first kappa shape index (κ1) is 13.0. The zero-order valence-electron chi connectivity index (χ0n) is 11.5. The van der Waals surface area contributed by atoms with Gasteiger partial charge in [0.15, 0.2) is 0 Å². The molecule has 0 aromatic heterocycles. The molecule has 0 aromatic carbocycles. The Morgan fingerprint density at radius 2 is 1.20 bits per heavy atom. The summed E-state index contributed by atoms with van der Waals surface area (Å²) in [7, 11) is 0. The van der Waals surface area contributed by atoms with E-state index in [1.165, 1.54) is 51.5 Å². The van der Waals surface area contributed by atoms with Crippen molar-refractivity contribution in [3.05, 3.63) is 0 Å². The number of nitrogens with one attached hydrogen (secondary N) is 2. The van der Waals surface area contributed by atoms with E-state index < -0.39 is 0 Å². The van der Waals surface area contributed by atoms with E-state index in [2.05, 4.69) is 17.6 Å². The van der Waals surface area contributed by atoms with Crippen molar-refractivity contribution in [2.24, 2.45) is 0 Å². The van der Waals surface area contributed by atoms with Gasteiger partial charge in [-0.3, -0.25) is 0 Å². The van der Waals surface area contributed by atoms with E-state index in [1.807, 2.05) is 0 Å². The summed E-state index contributed by atoms with van der Waals surface area (Å²) in [4.78, 5) is 0. The van der Waals surface area contributed by atoms with Crippen molar-refractivity contribution in [1.82, 2.24) is 10.6 Å². The minimum Gasteiger partial charge on any atom is -0.317 e. The average molecular weight is 215 g/mol. The maximum absolute atomic E-state index is 6.98. The van der Waals surface area contributed by atoms with Gasteiger partial charge in [0, 0.05) is 1.37 Å². The second-order valence-corrected chi connectivity index (χ2v) is 4.08. The van der Waals surface area contributed by atoms with Gasteiger partial charge in [0.2, 0.25) is 0 Å². The van der Waals surface area contributed by atoms with E-state index in [0.29, 0.717) is 6.90 Å². The van der Waals surface area contributed by atoms with Crippen LogP contribution in [0.15, 0.2) is 0 Å². The van der Waals surface area contributed by atoms with Crippen LogP contribution in [0.4, 0.5) is 0 Å². The van der Waals surface area contributed by atoms with Crippen molar-refractivity contribution >= 4 is 0 Å². The first-order valence-electron chi connectivity index (χ1n) is 7.33. The van der Waals surface area contributed by atoms with Crippen LogP contribution in [0.1, 0.15) is 60.1 Å². The summed E-state index contributed by atoms with van der Waals surface area (Å²) in [6, 6.07) is 0. The van der Waals surface area contributed by atoms with Crippen molar-refractivity contribution in [2.75, 3.05) is 26.2 Å². The normalized spacial score (nSPS) is 11.7. The molecule has 0 rings (SSSR count). The predicted octanol–water partition coefficient (Wildman–Crippen LogP) is 2.94. The average Bonchev–Trinajstić information content (AvgIpc) is 2.31. The zero-order valence-corrected chi connectivity index (χ0v) is 10.5. The van der Waals surface area contributed by atoms with Gasteiger partial charge >= 0.3 is 0 Å². The molecule has 92 valence electrons. The van der Waals surface area contributed by atoms with Crippen LogP contribution < -0.4 is 10.6 Å². The molecule has 0 unspecified atom stereocenters. The molecule has 0 heterocycles. The quantitative estimate of drug-likeness (QED) is 0.489. The monoisotopic (exact) mass is 215 g/mol. The minimum absolute atomic E-state index is 0.506. The number of hydrogen-bond donors (Lipinski definition) is 2. The Bertz CT molecular complexity index is 107. The number of unbranched alkanes of at least 4 members (excludes halogenated alkanes) is 6. The van der Waals surface area contributed by atoms with Gasteiger partial charge in [0.25, 0.3) is 0 Å². The highest BCUT2D eigenvalue weighted by Crippen LogP contribution is 2.06. The molecule has 2 N–H and O–H groups in total. The van der Waals surface area contributed by atoms with Crippen LogP contribution in [0.2, 0.25) is 0 Å². The third-order valence-electron chi connectivity index (χ3n) is 2.63. The molecule has 0 aliphatic rings. The van der Waals surface area contributed by atoms with Crippen LogP contribution in [-0.2, 0) is 0 Å². The molecule has 0 fully saturated rings. The topological polar surface area (TPSA) is 24.1 Å². The van der Waals surface area contributed by atoms with Crippen LogP contribution in [0.25, 0.3) is 0 Å². The van der Waals surface area contributed by atoms with Gasteiger partial charge in [-0.05, 0) is 39.0 Å². The summed E-state index contributed by atoms with van der Waals surface area (Å²) in [5.74, 6) is 0. The van der Waals surface area contributed by atoms with Crippen LogP contribution in [-0.4, -0.2) is 26.2 Å². The fraction of sp³-hybridized carbons (Fsp3) is 1.00. The Kier molecular flexibility index (Phi) is 12.1. The lowest BCUT2D eigenvalue weighted by atomic mass is 10.1. The van der Waals surface area contributed by atoms with E-state index in [1.54, 1.807) is 0 Å². The Labute approximate surface area is 97.6 Å². The molecular formula is C13H30N2. The second kappa shape index (κ2) is 13.9. The Hall–Kier alpha value is -0.0800. The zero-order chi connectivity index (χ0) is 11.9. The van der Waals surface area contributed by atoms with Crippen LogP contribution in [0.3, 0.4) is 0 Å². The van der Waals surface area contributed by atoms with Crippen molar-refractivity contribution < 1.29 is 1.37 Å². The Balaban J connectivity index is 2.83. The van der Waals surface area contributed by atoms with E-state index in [0.717, 1.165) is 19.6 Å². The Morgan fingerprint density at radius 3 is 1.67 bits per heavy atom. The first-order chi connectivity index (χ1) is 7.91. The maximum Gasteiger partial charge on any atom is 0.0243 e. The molecule has 2 nitrogen and oxygen atoms in total. The molecule has 0 bridgehead atoms. The fourth-order valence-corrected chi connectivity index (χ4v) is 1.69. The van der Waals surface area contributed by atoms with Crippen LogP contribution in [0.5, 0.6) is 0 Å². The second-order valence-electron chi connectivity index (χ2n) is 4.08. The molecule has 0 aromatic rings. The molecule has 0 saturated carbocycles. The maximum atomic E-state index is 6.98. The molecule has 0 aliphatic carbocycles. The van der Waals surface area contributed by atoms with Gasteiger partial charge in [-0.2, -0.15) is 0 Å². The third kappa shape index (κ3) is 13.9. The molecule has 0 saturated heterocycles. The van der Waals surface area contributed by atoms with Crippen molar-refractivity contribution in [1.29, 1.82) is 0 Å². The SMILES string of the molecule is [2H]CCNCCCCCCCCCNCC. The van der Waals surface area contributed by atoms with Gasteiger partial charge in [0.1, 0.15) is 0 Å². The lowest BCUT2D eigenvalue weighted by Gasteiger charge is -2.03. The molecule has 0 amide bonds. The highest BCUT2D eigenvalue weighted by molar-refractivity contribution is 4.50. The van der Waals surface area contributed by atoms with Crippen LogP contribution >= 0.6 is 0 Å². The summed E-state index contributed by atoms with van der Waals surface area (Å²) in [5.41, 5.74) is 0. The van der Waals surface area contributed by atoms with Gasteiger partial charge in [-0.15, -0.1) is 0 Å². The smallest absolute Gasteiger partial charge is 0.0243 e. The summed E-state index contributed by atoms with van der Waals surface area (Å²) < 4.78 is 6.98. The number of rotatable bonds is 12. The highest BCUT2D eigenvalue weighted by atomic mass is 14.8. The van der Waals surface area contributed by atoms with Crippen molar-refractivity contribution in [3.63, 3.8) is 0 Å². The molecule has 0 aliphatic heterocycles. The van der Waals surface area contributed by atoms with E-state index in [-0.39, 0.29) is 0 Å². The first-order valence-corrected chi connectivity index (χ1v) is 6.62. The van der Waals surface area contributed by atoms with Gasteiger partial charge < -0.3 is 10.6 Å². The highest BCUT2D eigenvalue weighted by Gasteiger charge is 1.91. The Morgan fingerprint density at radius 1 is 0.733 bits per heavy atom. The standard InChI is InChI=1S/C13H30N2/c1-3-14-12-10-8-6-5-7-9-11-13-15-4-2/h14-15H,3-13H2,1-2H3/i1D. The molecule has 15 heavy (non-hydrogen) atoms. The molecular weight excluding hydrogens is 184 g/mol. The lowest BCUT2D eigenvalue weighted by Crippen LogP contribution is -2.13. The van der Waals surface area contributed by atoms with E-state index >= 15 is 0 Å². The van der Waals surface area contributed by atoms with E-state index in [9.17, 15) is 0 Å². The van der Waals surface area contributed by atoms with Gasteiger partial charge in [-0.1, -0.05) is 45.9 Å². The van der Waals surface area contributed by atoms with E-state index in [4.69, 9.17) is 1.37 Å². The largest absolute Gasteiger partial charge is 0.317 e. The summed E-state index contributed by atoms with van der Waals surface area (Å²) in [6.07, 6.45) is 9.50. The number of hydrogen-bond acceptors (Lipinski definition) is 2. The molecule has 0 atom stereocenters. The van der Waals surface area contributed by atoms with Crippen LogP contribution in [0, 0.1) is 0 Å². The minimum atomic E-state index is 0.506. The molecule has 2 heteroatoms. The summed E-state index contributed by atoms with van der Waals surface area (Å²) >= 11 is 0. The lowest BCUT2D eigenvalue weighted by molar-refractivity contribution is 0.551. The van der Waals surface area contributed by atoms with Gasteiger partial charge in [-0.25, -0.2) is 0 Å². The third-order valence-corrected chi connectivity index (χ3v) is 2.63. The summed E-state index contributed by atoms with van der Waals surface area (Å²) in [5, 5.41) is 6.62. The molecule has 0 radical (unpaired) electrons. The molecule has 0 spiro atoms. The predicted molar refractivity (Wildman–Crippen MR) is 69.4 cm³/mol. The van der Waals surface area contributed by atoms with Gasteiger partial charge in [0.05, 0.1) is 0 Å². The van der Waals surface area contributed by atoms with Crippen molar-refractivity contribution in [3.8, 4) is 0 Å². The fourth-order valence-electron chi connectivity index (χ4n) is 1.69. The summed E-state index contributed by atoms with van der Waals surface area (Å²) in [6.45, 7) is 6.91.